The number of aromatic hydroxyl groups is 1. The molecule has 0 aliphatic rings. The van der Waals surface area contributed by atoms with Crippen LogP contribution in [-0.2, 0) is 9.84 Å². The van der Waals surface area contributed by atoms with E-state index in [1.54, 1.807) is 6.07 Å². The van der Waals surface area contributed by atoms with Crippen molar-refractivity contribution < 1.29 is 18.3 Å². The van der Waals surface area contributed by atoms with Gasteiger partial charge in [0.1, 0.15) is 15.6 Å². The van der Waals surface area contributed by atoms with Crippen molar-refractivity contribution in [1.82, 2.24) is 5.32 Å². The third kappa shape index (κ3) is 4.74. The normalized spacial score (nSPS) is 11.2. The largest absolute Gasteiger partial charge is 0.507 e. The Balaban J connectivity index is 2.65. The molecule has 0 atom stereocenters. The van der Waals surface area contributed by atoms with Crippen LogP contribution in [0.25, 0.3) is 0 Å². The highest BCUT2D eigenvalue weighted by atomic mass is 79.9. The topological polar surface area (TPSA) is 83.5 Å². The molecule has 0 spiro atoms. The van der Waals surface area contributed by atoms with Gasteiger partial charge in [0.15, 0.2) is 0 Å². The molecule has 0 radical (unpaired) electrons. The Bertz CT molecular complexity index is 527. The van der Waals surface area contributed by atoms with Crippen molar-refractivity contribution in [3.63, 3.8) is 0 Å². The number of nitrogens with one attached hydrogen (secondary N) is 1. The molecule has 0 aliphatic carbocycles. The monoisotopic (exact) mass is 321 g/mol. The zero-order valence-corrected chi connectivity index (χ0v) is 11.5. The summed E-state index contributed by atoms with van der Waals surface area (Å²) in [6, 6.07) is 4.46. The number of halogens is 1. The van der Waals surface area contributed by atoms with E-state index < -0.39 is 15.7 Å². The molecule has 0 aromatic heterocycles. The number of hydrogen-bond donors (Lipinski definition) is 2. The molecule has 0 saturated carbocycles. The Labute approximate surface area is 108 Å². The zero-order valence-electron chi connectivity index (χ0n) is 9.10. The van der Waals surface area contributed by atoms with Gasteiger partial charge in [-0.1, -0.05) is 15.9 Å². The lowest BCUT2D eigenvalue weighted by atomic mass is 10.2. The second-order valence-electron chi connectivity index (χ2n) is 3.55. The number of sulfone groups is 1. The van der Waals surface area contributed by atoms with Crippen molar-refractivity contribution in [1.29, 1.82) is 0 Å². The smallest absolute Gasteiger partial charge is 0.255 e. The third-order valence-corrected chi connectivity index (χ3v) is 3.40. The minimum atomic E-state index is -3.10. The molecule has 0 bridgehead atoms. The third-order valence-electron chi connectivity index (χ3n) is 1.96. The van der Waals surface area contributed by atoms with E-state index >= 15 is 0 Å². The van der Waals surface area contributed by atoms with Crippen LogP contribution in [0.2, 0.25) is 0 Å². The van der Waals surface area contributed by atoms with Gasteiger partial charge in [0.05, 0.1) is 11.3 Å². The predicted octanol–water partition coefficient (Wildman–Crippen LogP) is 0.929. The average molecular weight is 322 g/mol. The molecular weight excluding hydrogens is 310 g/mol. The fraction of sp³-hybridized carbons (Fsp3) is 0.300. The molecule has 94 valence electrons. The summed E-state index contributed by atoms with van der Waals surface area (Å²) < 4.78 is 22.4. The SMILES string of the molecule is CS(=O)(=O)CCNC(=O)c1ccc(Br)cc1O. The second kappa shape index (κ2) is 5.50. The van der Waals surface area contributed by atoms with Gasteiger partial charge in [-0.2, -0.15) is 0 Å². The molecule has 1 aromatic rings. The second-order valence-corrected chi connectivity index (χ2v) is 6.72. The van der Waals surface area contributed by atoms with Gasteiger partial charge in [0.2, 0.25) is 0 Å². The Morgan fingerprint density at radius 3 is 2.65 bits per heavy atom. The number of amides is 1. The Morgan fingerprint density at radius 1 is 1.47 bits per heavy atom. The number of hydrogen-bond acceptors (Lipinski definition) is 4. The van der Waals surface area contributed by atoms with Crippen LogP contribution in [0.1, 0.15) is 10.4 Å². The van der Waals surface area contributed by atoms with Crippen molar-refractivity contribution in [2.24, 2.45) is 0 Å². The molecule has 0 unspecified atom stereocenters. The van der Waals surface area contributed by atoms with Crippen molar-refractivity contribution in [2.45, 2.75) is 0 Å². The van der Waals surface area contributed by atoms with Gasteiger partial charge < -0.3 is 10.4 Å². The Morgan fingerprint density at radius 2 is 2.12 bits per heavy atom. The quantitative estimate of drug-likeness (QED) is 0.864. The standard InChI is InChI=1S/C10H12BrNO4S/c1-17(15,16)5-4-12-10(14)8-3-2-7(11)6-9(8)13/h2-3,6,13H,4-5H2,1H3,(H,12,14). The molecule has 0 heterocycles. The van der Waals surface area contributed by atoms with Gasteiger partial charge in [-0.15, -0.1) is 0 Å². The summed E-state index contributed by atoms with van der Waals surface area (Å²) in [7, 11) is -3.10. The van der Waals surface area contributed by atoms with Crippen molar-refractivity contribution in [3.05, 3.63) is 28.2 Å². The van der Waals surface area contributed by atoms with Crippen LogP contribution < -0.4 is 5.32 Å². The van der Waals surface area contributed by atoms with Crippen LogP contribution in [0, 0.1) is 0 Å². The molecule has 0 saturated heterocycles. The molecule has 7 heteroatoms. The lowest BCUT2D eigenvalue weighted by molar-refractivity contribution is 0.0953. The van der Waals surface area contributed by atoms with Crippen LogP contribution in [0.3, 0.4) is 0 Å². The average Bonchev–Trinajstić information content (AvgIpc) is 2.15. The van der Waals surface area contributed by atoms with Crippen LogP contribution in [0.15, 0.2) is 22.7 Å². The summed E-state index contributed by atoms with van der Waals surface area (Å²) >= 11 is 3.15. The number of phenols is 1. The summed E-state index contributed by atoms with van der Waals surface area (Å²) in [6.07, 6.45) is 1.09. The molecule has 1 aromatic carbocycles. The molecular formula is C10H12BrNO4S. The molecule has 0 aliphatic heterocycles. The maximum absolute atomic E-state index is 11.6. The Hall–Kier alpha value is -1.08. The predicted molar refractivity (Wildman–Crippen MR) is 67.9 cm³/mol. The van der Waals surface area contributed by atoms with Crippen LogP contribution >= 0.6 is 15.9 Å². The minimum Gasteiger partial charge on any atom is -0.507 e. The van der Waals surface area contributed by atoms with E-state index in [-0.39, 0.29) is 23.6 Å². The zero-order chi connectivity index (χ0) is 13.1. The minimum absolute atomic E-state index is 0.0210. The van der Waals surface area contributed by atoms with Gasteiger partial charge in [-0.25, -0.2) is 8.42 Å². The molecule has 5 nitrogen and oxygen atoms in total. The highest BCUT2D eigenvalue weighted by Gasteiger charge is 2.11. The van der Waals surface area contributed by atoms with Crippen LogP contribution in [0.5, 0.6) is 5.75 Å². The molecule has 1 rings (SSSR count). The first kappa shape index (κ1) is 14.0. The van der Waals surface area contributed by atoms with E-state index in [9.17, 15) is 18.3 Å². The summed E-state index contributed by atoms with van der Waals surface area (Å²) in [5.41, 5.74) is 0.113. The first-order valence-electron chi connectivity index (χ1n) is 4.74. The molecule has 17 heavy (non-hydrogen) atoms. The van der Waals surface area contributed by atoms with E-state index in [4.69, 9.17) is 0 Å². The summed E-state index contributed by atoms with van der Waals surface area (Å²) in [4.78, 5) is 11.6. The van der Waals surface area contributed by atoms with Gasteiger partial charge in [0, 0.05) is 17.3 Å². The number of rotatable bonds is 4. The summed E-state index contributed by atoms with van der Waals surface area (Å²) in [5, 5.41) is 11.9. The maximum atomic E-state index is 11.6. The van der Waals surface area contributed by atoms with E-state index in [0.29, 0.717) is 4.47 Å². The first-order valence-corrected chi connectivity index (χ1v) is 7.59. The van der Waals surface area contributed by atoms with Gasteiger partial charge >= 0.3 is 0 Å². The van der Waals surface area contributed by atoms with E-state index in [1.165, 1.54) is 12.1 Å². The molecule has 2 N–H and O–H groups in total. The van der Waals surface area contributed by atoms with Crippen molar-refractivity contribution in [3.8, 4) is 5.75 Å². The van der Waals surface area contributed by atoms with Gasteiger partial charge in [-0.05, 0) is 18.2 Å². The number of carbonyl (C=O) groups is 1. The lowest BCUT2D eigenvalue weighted by Gasteiger charge is -2.06. The molecule has 1 amide bonds. The number of carbonyl (C=O) groups excluding carboxylic acids is 1. The van der Waals surface area contributed by atoms with Crippen LogP contribution in [-0.4, -0.2) is 38.0 Å². The van der Waals surface area contributed by atoms with Gasteiger partial charge in [-0.3, -0.25) is 4.79 Å². The van der Waals surface area contributed by atoms with E-state index in [2.05, 4.69) is 21.2 Å². The van der Waals surface area contributed by atoms with E-state index in [1.807, 2.05) is 0 Å². The number of phenolic OH excluding ortho intramolecular Hbond substituents is 1. The maximum Gasteiger partial charge on any atom is 0.255 e. The van der Waals surface area contributed by atoms with Crippen LogP contribution in [0.4, 0.5) is 0 Å². The number of benzene rings is 1. The fourth-order valence-electron chi connectivity index (χ4n) is 1.14. The summed E-state index contributed by atoms with van der Waals surface area (Å²) in [5.74, 6) is -0.786. The Kier molecular flexibility index (Phi) is 4.53. The van der Waals surface area contributed by atoms with E-state index in [0.717, 1.165) is 6.26 Å². The highest BCUT2D eigenvalue weighted by molar-refractivity contribution is 9.10. The fourth-order valence-corrected chi connectivity index (χ4v) is 1.96. The van der Waals surface area contributed by atoms with Crippen molar-refractivity contribution in [2.75, 3.05) is 18.6 Å². The van der Waals surface area contributed by atoms with Gasteiger partial charge in [0.25, 0.3) is 5.91 Å². The first-order chi connectivity index (χ1) is 7.79. The van der Waals surface area contributed by atoms with Crippen molar-refractivity contribution >= 4 is 31.7 Å². The summed E-state index contributed by atoms with van der Waals surface area (Å²) in [6.45, 7) is 0.0210. The highest BCUT2D eigenvalue weighted by Crippen LogP contribution is 2.21. The lowest BCUT2D eigenvalue weighted by Crippen LogP contribution is -2.28. The molecule has 0 fully saturated rings.